The first kappa shape index (κ1) is 17.7. The van der Waals surface area contributed by atoms with Gasteiger partial charge in [-0.15, -0.1) is 5.10 Å². The lowest BCUT2D eigenvalue weighted by atomic mass is 9.92. The van der Waals surface area contributed by atoms with Crippen LogP contribution in [0.4, 0.5) is 0 Å². The summed E-state index contributed by atoms with van der Waals surface area (Å²) in [6, 6.07) is 7.94. The number of nitrogens with one attached hydrogen (secondary N) is 2. The number of carbonyl (C=O) groups is 2. The van der Waals surface area contributed by atoms with Crippen LogP contribution >= 0.6 is 0 Å². The maximum Gasteiger partial charge on any atom is 0.311 e. The van der Waals surface area contributed by atoms with Crippen molar-refractivity contribution < 1.29 is 14.3 Å². The van der Waals surface area contributed by atoms with E-state index in [2.05, 4.69) is 21.1 Å². The number of amides is 1. The highest BCUT2D eigenvalue weighted by Gasteiger charge is 2.27. The zero-order valence-electron chi connectivity index (χ0n) is 14.1. The molecule has 1 fully saturated rings. The van der Waals surface area contributed by atoms with Gasteiger partial charge in [-0.1, -0.05) is 29.8 Å². The molecular formula is C17H22N4O3. The van der Waals surface area contributed by atoms with Gasteiger partial charge < -0.3 is 4.74 Å². The van der Waals surface area contributed by atoms with Gasteiger partial charge in [-0.05, 0) is 26.3 Å². The maximum atomic E-state index is 11.7. The summed E-state index contributed by atoms with van der Waals surface area (Å²) in [6.45, 7) is 5.81. The lowest BCUT2D eigenvalue weighted by molar-refractivity contribution is -0.141. The SMILES string of the molecule is CCOC(=O)C/C(C)=N\N=C1/NNC(=O)CC1c1ccc(C)cc1. The van der Waals surface area contributed by atoms with Crippen LogP contribution in [0.25, 0.3) is 0 Å². The van der Waals surface area contributed by atoms with Crippen LogP contribution in [0.5, 0.6) is 0 Å². The van der Waals surface area contributed by atoms with Crippen molar-refractivity contribution in [2.45, 2.75) is 39.5 Å². The standard InChI is InChI=1S/C17H22N4O3/c1-4-24-16(23)9-12(3)18-20-17-14(10-15(22)19-21-17)13-7-5-11(2)6-8-13/h5-8,14H,4,9-10H2,1-3H3,(H,19,22)(H,20,21)/b18-12-. The molecule has 1 unspecified atom stereocenters. The monoisotopic (exact) mass is 330 g/mol. The molecule has 7 heteroatoms. The van der Waals surface area contributed by atoms with Crippen LogP contribution in [0.15, 0.2) is 34.5 Å². The van der Waals surface area contributed by atoms with Crippen LogP contribution in [-0.2, 0) is 14.3 Å². The van der Waals surface area contributed by atoms with E-state index >= 15 is 0 Å². The summed E-state index contributed by atoms with van der Waals surface area (Å²) in [6.07, 6.45) is 0.382. The first-order valence-corrected chi connectivity index (χ1v) is 7.87. The van der Waals surface area contributed by atoms with E-state index in [1.165, 1.54) is 0 Å². The molecule has 0 bridgehead atoms. The maximum absolute atomic E-state index is 11.7. The van der Waals surface area contributed by atoms with Crippen molar-refractivity contribution in [2.75, 3.05) is 6.61 Å². The van der Waals surface area contributed by atoms with Gasteiger partial charge in [0.05, 0.1) is 18.9 Å². The number of hydrogen-bond acceptors (Lipinski definition) is 5. The number of hydrogen-bond donors (Lipinski definition) is 2. The molecule has 0 spiro atoms. The Morgan fingerprint density at radius 2 is 2.00 bits per heavy atom. The van der Waals surface area contributed by atoms with Gasteiger partial charge in [0, 0.05) is 12.1 Å². The van der Waals surface area contributed by atoms with Crippen molar-refractivity contribution in [1.29, 1.82) is 0 Å². The Bertz CT molecular complexity index is 665. The topological polar surface area (TPSA) is 92.2 Å². The van der Waals surface area contributed by atoms with Gasteiger partial charge in [-0.2, -0.15) is 5.10 Å². The molecule has 1 atom stereocenters. The molecule has 0 radical (unpaired) electrons. The average Bonchev–Trinajstić information content (AvgIpc) is 2.54. The molecule has 1 aliphatic rings. The smallest absolute Gasteiger partial charge is 0.311 e. The number of rotatable bonds is 5. The number of nitrogens with zero attached hydrogens (tertiary/aromatic N) is 2. The number of ether oxygens (including phenoxy) is 1. The highest BCUT2D eigenvalue weighted by molar-refractivity contribution is 6.00. The largest absolute Gasteiger partial charge is 0.466 e. The molecule has 1 amide bonds. The van der Waals surface area contributed by atoms with E-state index in [9.17, 15) is 9.59 Å². The van der Waals surface area contributed by atoms with Crippen LogP contribution in [0.3, 0.4) is 0 Å². The molecule has 128 valence electrons. The zero-order chi connectivity index (χ0) is 17.5. The van der Waals surface area contributed by atoms with Gasteiger partial charge in [-0.3, -0.25) is 20.4 Å². The van der Waals surface area contributed by atoms with Crippen LogP contribution in [0.2, 0.25) is 0 Å². The van der Waals surface area contributed by atoms with E-state index < -0.39 is 0 Å². The molecule has 2 N–H and O–H groups in total. The Hall–Kier alpha value is -2.70. The molecule has 0 aliphatic carbocycles. The lowest BCUT2D eigenvalue weighted by Gasteiger charge is -2.25. The molecular weight excluding hydrogens is 308 g/mol. The fourth-order valence-electron chi connectivity index (χ4n) is 2.32. The number of carbonyl (C=O) groups excluding carboxylic acids is 2. The minimum Gasteiger partial charge on any atom is -0.466 e. The van der Waals surface area contributed by atoms with E-state index in [1.807, 2.05) is 31.2 Å². The van der Waals surface area contributed by atoms with Crippen LogP contribution < -0.4 is 10.9 Å². The van der Waals surface area contributed by atoms with E-state index in [0.717, 1.165) is 11.1 Å². The van der Waals surface area contributed by atoms with Crippen LogP contribution in [-0.4, -0.2) is 30.0 Å². The summed E-state index contributed by atoms with van der Waals surface area (Å²) >= 11 is 0. The number of amidine groups is 1. The predicted molar refractivity (Wildman–Crippen MR) is 91.6 cm³/mol. The van der Waals surface area contributed by atoms with Crippen molar-refractivity contribution in [3.8, 4) is 0 Å². The number of benzene rings is 1. The summed E-state index contributed by atoms with van der Waals surface area (Å²) in [5.74, 6) is -0.0918. The summed E-state index contributed by atoms with van der Waals surface area (Å²) in [5, 5.41) is 8.26. The predicted octanol–water partition coefficient (Wildman–Crippen LogP) is 1.83. The van der Waals surface area contributed by atoms with Gasteiger partial charge in [0.2, 0.25) is 5.91 Å². The second-order valence-corrected chi connectivity index (χ2v) is 5.64. The Morgan fingerprint density at radius 1 is 1.29 bits per heavy atom. The first-order valence-electron chi connectivity index (χ1n) is 7.87. The third kappa shape index (κ3) is 4.91. The Balaban J connectivity index is 2.17. The van der Waals surface area contributed by atoms with Crippen molar-refractivity contribution in [3.05, 3.63) is 35.4 Å². The highest BCUT2D eigenvalue weighted by Crippen LogP contribution is 2.23. The minimum atomic E-state index is -0.334. The van der Waals surface area contributed by atoms with Crippen molar-refractivity contribution in [1.82, 2.24) is 10.9 Å². The molecule has 7 nitrogen and oxygen atoms in total. The number of esters is 1. The Morgan fingerprint density at radius 3 is 2.67 bits per heavy atom. The second kappa shape index (κ2) is 8.24. The summed E-state index contributed by atoms with van der Waals surface area (Å²) < 4.78 is 4.88. The van der Waals surface area contributed by atoms with Gasteiger partial charge in [-0.25, -0.2) is 0 Å². The summed E-state index contributed by atoms with van der Waals surface area (Å²) in [7, 11) is 0. The Kier molecular flexibility index (Phi) is 6.06. The molecule has 24 heavy (non-hydrogen) atoms. The van der Waals surface area contributed by atoms with Crippen LogP contribution in [0, 0.1) is 6.92 Å². The van der Waals surface area contributed by atoms with Gasteiger partial charge in [0.25, 0.3) is 0 Å². The van der Waals surface area contributed by atoms with E-state index in [0.29, 0.717) is 24.6 Å². The molecule has 2 rings (SSSR count). The molecule has 1 aliphatic heterocycles. The molecule has 1 saturated heterocycles. The third-order valence-corrected chi connectivity index (χ3v) is 3.56. The summed E-state index contributed by atoms with van der Waals surface area (Å²) in [4.78, 5) is 23.1. The quantitative estimate of drug-likeness (QED) is 0.489. The van der Waals surface area contributed by atoms with Crippen molar-refractivity contribution >= 4 is 23.4 Å². The first-order chi connectivity index (χ1) is 11.5. The summed E-state index contributed by atoms with van der Waals surface area (Å²) in [5.41, 5.74) is 8.02. The van der Waals surface area contributed by atoms with E-state index in [-0.39, 0.29) is 24.2 Å². The number of aryl methyl sites for hydroxylation is 1. The molecule has 1 aromatic rings. The van der Waals surface area contributed by atoms with Gasteiger partial charge in [0.15, 0.2) is 5.84 Å². The highest BCUT2D eigenvalue weighted by atomic mass is 16.5. The fraction of sp³-hybridized carbons (Fsp3) is 0.412. The molecule has 0 saturated carbocycles. The third-order valence-electron chi connectivity index (χ3n) is 3.56. The second-order valence-electron chi connectivity index (χ2n) is 5.64. The zero-order valence-corrected chi connectivity index (χ0v) is 14.1. The molecule has 0 aromatic heterocycles. The molecule has 1 heterocycles. The van der Waals surface area contributed by atoms with E-state index in [4.69, 9.17) is 4.74 Å². The van der Waals surface area contributed by atoms with Crippen molar-refractivity contribution in [2.24, 2.45) is 10.2 Å². The van der Waals surface area contributed by atoms with Gasteiger partial charge >= 0.3 is 5.97 Å². The van der Waals surface area contributed by atoms with E-state index in [1.54, 1.807) is 13.8 Å². The Labute approximate surface area is 141 Å². The molecule has 1 aromatic carbocycles. The number of hydrazine groups is 1. The van der Waals surface area contributed by atoms with Crippen LogP contribution in [0.1, 0.15) is 43.7 Å². The fourth-order valence-corrected chi connectivity index (χ4v) is 2.32. The van der Waals surface area contributed by atoms with Crippen molar-refractivity contribution in [3.63, 3.8) is 0 Å². The normalized spacial score (nSPS) is 19.6. The lowest BCUT2D eigenvalue weighted by Crippen LogP contribution is -2.50. The average molecular weight is 330 g/mol. The van der Waals surface area contributed by atoms with Gasteiger partial charge in [0.1, 0.15) is 0 Å². The minimum absolute atomic E-state index is 0.0895.